The molecule has 1 aromatic carbocycles. The second-order valence-electron chi connectivity index (χ2n) is 10.4. The summed E-state index contributed by atoms with van der Waals surface area (Å²) in [6.07, 6.45) is 4.90. The van der Waals surface area contributed by atoms with Gasteiger partial charge in [-0.1, -0.05) is 32.0 Å². The SMILES string of the molecule is CCC(=O)NS(=O)(=O)c1ccc(-c2nn(C)c3c(OC4CCC(c5nc(C(C)C)no5)CC4)ncnc23)c(C)c1. The van der Waals surface area contributed by atoms with E-state index in [-0.39, 0.29) is 29.3 Å². The van der Waals surface area contributed by atoms with Crippen LogP contribution in [0.4, 0.5) is 0 Å². The maximum absolute atomic E-state index is 12.6. The first-order valence-electron chi connectivity index (χ1n) is 13.4. The van der Waals surface area contributed by atoms with E-state index in [2.05, 4.69) is 29.9 Å². The van der Waals surface area contributed by atoms with Gasteiger partial charge in [0.2, 0.25) is 17.7 Å². The van der Waals surface area contributed by atoms with Gasteiger partial charge in [0.25, 0.3) is 10.0 Å². The van der Waals surface area contributed by atoms with Gasteiger partial charge in [-0.15, -0.1) is 0 Å². The van der Waals surface area contributed by atoms with E-state index in [1.54, 1.807) is 31.6 Å². The lowest BCUT2D eigenvalue weighted by atomic mass is 9.87. The molecular weight excluding hydrogens is 534 g/mol. The predicted octanol–water partition coefficient (Wildman–Crippen LogP) is 4.17. The van der Waals surface area contributed by atoms with Gasteiger partial charge in [-0.3, -0.25) is 9.48 Å². The fraction of sp³-hybridized carbons (Fsp3) is 0.481. The number of hydrogen-bond donors (Lipinski definition) is 1. The number of sulfonamides is 1. The maximum atomic E-state index is 12.6. The summed E-state index contributed by atoms with van der Waals surface area (Å²) in [5, 5.41) is 8.78. The van der Waals surface area contributed by atoms with Gasteiger partial charge in [0.1, 0.15) is 29.2 Å². The minimum absolute atomic E-state index is 0.00555. The zero-order valence-corrected chi connectivity index (χ0v) is 24.0. The Morgan fingerprint density at radius 2 is 1.95 bits per heavy atom. The fourth-order valence-corrected chi connectivity index (χ4v) is 6.07. The normalized spacial score (nSPS) is 17.9. The topological polar surface area (TPSA) is 155 Å². The van der Waals surface area contributed by atoms with Gasteiger partial charge in [0.05, 0.1) is 4.90 Å². The van der Waals surface area contributed by atoms with E-state index in [9.17, 15) is 13.2 Å². The van der Waals surface area contributed by atoms with Gasteiger partial charge < -0.3 is 9.26 Å². The second-order valence-corrected chi connectivity index (χ2v) is 12.1. The maximum Gasteiger partial charge on any atom is 0.264 e. The van der Waals surface area contributed by atoms with Crippen LogP contribution >= 0.6 is 0 Å². The van der Waals surface area contributed by atoms with Crippen molar-refractivity contribution in [2.24, 2.45) is 7.05 Å². The Morgan fingerprint density at radius 3 is 2.60 bits per heavy atom. The van der Waals surface area contributed by atoms with E-state index < -0.39 is 15.9 Å². The molecule has 0 bridgehead atoms. The molecule has 1 N–H and O–H groups in total. The number of nitrogens with one attached hydrogen (secondary N) is 1. The van der Waals surface area contributed by atoms with Crippen LogP contribution in [0.5, 0.6) is 5.88 Å². The van der Waals surface area contributed by atoms with Crippen LogP contribution in [0.25, 0.3) is 22.3 Å². The second kappa shape index (κ2) is 11.0. The van der Waals surface area contributed by atoms with E-state index in [4.69, 9.17) is 9.26 Å². The first-order valence-corrected chi connectivity index (χ1v) is 14.9. The van der Waals surface area contributed by atoms with Crippen LogP contribution in [0.15, 0.2) is 33.9 Å². The third-order valence-corrected chi connectivity index (χ3v) is 8.57. The standard InChI is InChI=1S/C27H33N7O5S/c1-6-21(35)33-40(36,37)19-11-12-20(16(4)13-19)22-23-24(34(5)31-22)27(29-14-28-23)38-18-9-7-17(8-10-18)26-30-25(15(2)3)32-39-26/h11-15,17-18H,6-10H2,1-5H3,(H,33,35). The zero-order chi connectivity index (χ0) is 28.6. The molecule has 212 valence electrons. The summed E-state index contributed by atoms with van der Waals surface area (Å²) >= 11 is 0. The lowest BCUT2D eigenvalue weighted by Gasteiger charge is -2.26. The number of carbonyl (C=O) groups is 1. The summed E-state index contributed by atoms with van der Waals surface area (Å²) < 4.78 is 40.8. The highest BCUT2D eigenvalue weighted by atomic mass is 32.2. The molecule has 1 aliphatic rings. The first-order chi connectivity index (χ1) is 19.1. The molecule has 3 aromatic heterocycles. The summed E-state index contributed by atoms with van der Waals surface area (Å²) in [5.74, 6) is 1.77. The predicted molar refractivity (Wildman–Crippen MR) is 146 cm³/mol. The molecule has 3 heterocycles. The Bertz CT molecular complexity index is 1650. The van der Waals surface area contributed by atoms with Crippen molar-refractivity contribution in [1.29, 1.82) is 0 Å². The number of hydrogen-bond acceptors (Lipinski definition) is 10. The number of rotatable bonds is 8. The van der Waals surface area contributed by atoms with Gasteiger partial charge in [-0.05, 0) is 50.3 Å². The Labute approximate surface area is 232 Å². The molecule has 0 radical (unpaired) electrons. The summed E-state index contributed by atoms with van der Waals surface area (Å²) in [6, 6.07) is 4.65. The van der Waals surface area contributed by atoms with Crippen molar-refractivity contribution in [2.45, 2.75) is 82.6 Å². The van der Waals surface area contributed by atoms with Crippen molar-refractivity contribution in [3.8, 4) is 17.1 Å². The molecule has 1 fully saturated rings. The smallest absolute Gasteiger partial charge is 0.264 e. The third kappa shape index (κ3) is 5.42. The summed E-state index contributed by atoms with van der Waals surface area (Å²) in [6.45, 7) is 7.47. The average molecular weight is 568 g/mol. The minimum atomic E-state index is -3.96. The van der Waals surface area contributed by atoms with Crippen LogP contribution < -0.4 is 9.46 Å². The summed E-state index contributed by atoms with van der Waals surface area (Å²) in [7, 11) is -2.16. The lowest BCUT2D eigenvalue weighted by molar-refractivity contribution is -0.119. The van der Waals surface area contributed by atoms with Crippen molar-refractivity contribution in [1.82, 2.24) is 34.6 Å². The molecule has 40 heavy (non-hydrogen) atoms. The molecule has 1 saturated carbocycles. The van der Waals surface area contributed by atoms with Crippen LogP contribution in [0.3, 0.4) is 0 Å². The Balaban J connectivity index is 1.35. The molecule has 0 atom stereocenters. The molecule has 0 aliphatic heterocycles. The highest BCUT2D eigenvalue weighted by Crippen LogP contribution is 2.37. The molecule has 1 aliphatic carbocycles. The lowest BCUT2D eigenvalue weighted by Crippen LogP contribution is -2.29. The Morgan fingerprint density at radius 1 is 1.20 bits per heavy atom. The highest BCUT2D eigenvalue weighted by Gasteiger charge is 2.29. The van der Waals surface area contributed by atoms with Crippen LogP contribution in [0, 0.1) is 6.92 Å². The number of fused-ring (bicyclic) bond motifs is 1. The number of ether oxygens (including phenoxy) is 1. The van der Waals surface area contributed by atoms with Gasteiger partial charge >= 0.3 is 0 Å². The highest BCUT2D eigenvalue weighted by molar-refractivity contribution is 7.90. The molecule has 1 amide bonds. The van der Waals surface area contributed by atoms with E-state index in [1.807, 2.05) is 13.8 Å². The number of benzene rings is 1. The van der Waals surface area contributed by atoms with E-state index in [1.165, 1.54) is 18.5 Å². The number of aryl methyl sites for hydroxylation is 2. The number of aromatic nitrogens is 6. The van der Waals surface area contributed by atoms with Gasteiger partial charge in [0.15, 0.2) is 5.82 Å². The van der Waals surface area contributed by atoms with Crippen molar-refractivity contribution < 1.29 is 22.5 Å². The monoisotopic (exact) mass is 567 g/mol. The fourth-order valence-electron chi connectivity index (χ4n) is 4.93. The molecule has 12 nitrogen and oxygen atoms in total. The molecular formula is C27H33N7O5S. The average Bonchev–Trinajstić information content (AvgIpc) is 3.55. The van der Waals surface area contributed by atoms with Gasteiger partial charge in [0, 0.05) is 30.9 Å². The molecule has 0 spiro atoms. The molecule has 13 heteroatoms. The number of nitrogens with zero attached hydrogens (tertiary/aromatic N) is 6. The van der Waals surface area contributed by atoms with Crippen molar-refractivity contribution in [2.75, 3.05) is 0 Å². The molecule has 4 aromatic rings. The van der Waals surface area contributed by atoms with E-state index >= 15 is 0 Å². The van der Waals surface area contributed by atoms with Crippen molar-refractivity contribution >= 4 is 27.0 Å². The number of amides is 1. The van der Waals surface area contributed by atoms with Crippen LogP contribution in [0.2, 0.25) is 0 Å². The van der Waals surface area contributed by atoms with Gasteiger partial charge in [-0.25, -0.2) is 18.1 Å². The zero-order valence-electron chi connectivity index (χ0n) is 23.2. The van der Waals surface area contributed by atoms with E-state index in [0.29, 0.717) is 34.1 Å². The van der Waals surface area contributed by atoms with Crippen LogP contribution in [0.1, 0.15) is 82.0 Å². The Hall–Kier alpha value is -3.87. The summed E-state index contributed by atoms with van der Waals surface area (Å²) in [5.41, 5.74) is 3.24. The van der Waals surface area contributed by atoms with Crippen molar-refractivity contribution in [3.05, 3.63) is 41.8 Å². The first kappa shape index (κ1) is 27.7. The van der Waals surface area contributed by atoms with Crippen LogP contribution in [-0.2, 0) is 21.9 Å². The van der Waals surface area contributed by atoms with Crippen molar-refractivity contribution in [3.63, 3.8) is 0 Å². The van der Waals surface area contributed by atoms with Gasteiger partial charge in [-0.2, -0.15) is 15.1 Å². The minimum Gasteiger partial charge on any atom is -0.473 e. The molecule has 0 saturated heterocycles. The quantitative estimate of drug-likeness (QED) is 0.328. The summed E-state index contributed by atoms with van der Waals surface area (Å²) in [4.78, 5) is 25.1. The van der Waals surface area contributed by atoms with Crippen LogP contribution in [-0.4, -0.2) is 50.3 Å². The number of carbonyl (C=O) groups excluding carboxylic acids is 1. The molecule has 5 rings (SSSR count). The Kier molecular flexibility index (Phi) is 7.58. The van der Waals surface area contributed by atoms with E-state index in [0.717, 1.165) is 37.1 Å². The largest absolute Gasteiger partial charge is 0.473 e. The third-order valence-electron chi connectivity index (χ3n) is 7.19. The molecule has 0 unspecified atom stereocenters.